The number of carbonyl (C=O) groups excluding carboxylic acids is 1. The molecule has 17 heavy (non-hydrogen) atoms. The molecular weight excluding hydrogens is 211 g/mol. The van der Waals surface area contributed by atoms with E-state index in [1.807, 2.05) is 35.4 Å². The summed E-state index contributed by atoms with van der Waals surface area (Å²) in [7, 11) is 2.11. The fourth-order valence-electron chi connectivity index (χ4n) is 2.75. The van der Waals surface area contributed by atoms with Crippen LogP contribution in [-0.2, 0) is 0 Å². The zero-order chi connectivity index (χ0) is 12.0. The van der Waals surface area contributed by atoms with E-state index in [0.29, 0.717) is 5.92 Å². The van der Waals surface area contributed by atoms with E-state index in [9.17, 15) is 4.79 Å². The third kappa shape index (κ3) is 1.36. The molecule has 2 aliphatic heterocycles. The van der Waals surface area contributed by atoms with Crippen LogP contribution in [0.4, 0.5) is 5.69 Å². The maximum Gasteiger partial charge on any atom is 0.256 e. The molecule has 2 atom stereocenters. The highest BCUT2D eigenvalue weighted by molar-refractivity contribution is 6.28. The van der Waals surface area contributed by atoms with E-state index < -0.39 is 0 Å². The SMILES string of the molecule is BC12C=Nc3ccccc3C(=O)N1CCC2C. The van der Waals surface area contributed by atoms with E-state index in [1.165, 1.54) is 0 Å². The van der Waals surface area contributed by atoms with Crippen LogP contribution in [0.3, 0.4) is 0 Å². The van der Waals surface area contributed by atoms with Gasteiger partial charge in [0.15, 0.2) is 0 Å². The van der Waals surface area contributed by atoms with Gasteiger partial charge < -0.3 is 4.90 Å². The molecule has 1 aromatic carbocycles. The Labute approximate surface area is 102 Å². The van der Waals surface area contributed by atoms with Crippen molar-refractivity contribution in [1.82, 2.24) is 4.90 Å². The van der Waals surface area contributed by atoms with Crippen molar-refractivity contribution >= 4 is 25.7 Å². The Morgan fingerprint density at radius 1 is 1.47 bits per heavy atom. The molecule has 2 heterocycles. The summed E-state index contributed by atoms with van der Waals surface area (Å²) in [4.78, 5) is 19.0. The van der Waals surface area contributed by atoms with Gasteiger partial charge >= 0.3 is 0 Å². The number of fused-ring (bicyclic) bond motifs is 2. The van der Waals surface area contributed by atoms with Gasteiger partial charge in [0.2, 0.25) is 0 Å². The standard InChI is InChI=1S/C13H15BN2O/c1-9-6-7-16-12(17)10-4-2-3-5-11(10)15-8-13(9,16)14/h2-5,8-9H,6-7,14H2,1H3. The number of aliphatic imine (C=N–C) groups is 1. The summed E-state index contributed by atoms with van der Waals surface area (Å²) < 4.78 is 0. The van der Waals surface area contributed by atoms with Crippen molar-refractivity contribution in [1.29, 1.82) is 0 Å². The van der Waals surface area contributed by atoms with Gasteiger partial charge in [0, 0.05) is 18.2 Å². The number of rotatable bonds is 0. The lowest BCUT2D eigenvalue weighted by Crippen LogP contribution is -2.51. The van der Waals surface area contributed by atoms with Crippen LogP contribution in [-0.4, -0.2) is 36.9 Å². The minimum absolute atomic E-state index is 0.116. The highest BCUT2D eigenvalue weighted by Crippen LogP contribution is 2.36. The molecule has 2 unspecified atom stereocenters. The molecule has 4 heteroatoms. The molecule has 0 spiro atoms. The zero-order valence-electron chi connectivity index (χ0n) is 10.2. The Kier molecular flexibility index (Phi) is 2.15. The maximum atomic E-state index is 12.5. The van der Waals surface area contributed by atoms with Crippen molar-refractivity contribution in [2.75, 3.05) is 6.54 Å². The maximum absolute atomic E-state index is 12.5. The summed E-state index contributed by atoms with van der Waals surface area (Å²) >= 11 is 0. The number of hydrogen-bond acceptors (Lipinski definition) is 2. The zero-order valence-corrected chi connectivity index (χ0v) is 10.2. The van der Waals surface area contributed by atoms with Gasteiger partial charge in [-0.2, -0.15) is 0 Å². The van der Waals surface area contributed by atoms with Gasteiger partial charge in [0.25, 0.3) is 5.91 Å². The fraction of sp³-hybridized carbons (Fsp3) is 0.385. The van der Waals surface area contributed by atoms with E-state index in [2.05, 4.69) is 19.8 Å². The van der Waals surface area contributed by atoms with E-state index in [4.69, 9.17) is 0 Å². The minimum Gasteiger partial charge on any atom is -0.335 e. The van der Waals surface area contributed by atoms with E-state index in [1.54, 1.807) is 0 Å². The number of para-hydroxylation sites is 1. The third-order valence-corrected chi connectivity index (χ3v) is 4.21. The number of benzene rings is 1. The van der Waals surface area contributed by atoms with Gasteiger partial charge in [-0.25, -0.2) is 0 Å². The third-order valence-electron chi connectivity index (χ3n) is 4.21. The molecule has 0 saturated carbocycles. The molecule has 0 radical (unpaired) electrons. The van der Waals surface area contributed by atoms with Crippen molar-refractivity contribution in [2.24, 2.45) is 10.9 Å². The van der Waals surface area contributed by atoms with Crippen LogP contribution in [0.5, 0.6) is 0 Å². The van der Waals surface area contributed by atoms with Gasteiger partial charge in [-0.1, -0.05) is 19.1 Å². The predicted octanol–water partition coefficient (Wildman–Crippen LogP) is 1.21. The van der Waals surface area contributed by atoms with E-state index in [0.717, 1.165) is 24.2 Å². The van der Waals surface area contributed by atoms with Gasteiger partial charge in [0.05, 0.1) is 11.3 Å². The van der Waals surface area contributed by atoms with Crippen LogP contribution in [0.2, 0.25) is 0 Å². The first-order valence-electron chi connectivity index (χ1n) is 6.09. The van der Waals surface area contributed by atoms with Crippen LogP contribution < -0.4 is 0 Å². The summed E-state index contributed by atoms with van der Waals surface area (Å²) in [5, 5.41) is 0. The lowest BCUT2D eigenvalue weighted by atomic mass is 9.70. The molecule has 1 aromatic rings. The molecule has 86 valence electrons. The lowest BCUT2D eigenvalue weighted by molar-refractivity contribution is 0.0742. The Bertz CT molecular complexity index is 514. The van der Waals surface area contributed by atoms with Crippen LogP contribution in [0.25, 0.3) is 0 Å². The highest BCUT2D eigenvalue weighted by atomic mass is 16.2. The molecule has 2 aliphatic rings. The Morgan fingerprint density at radius 2 is 2.24 bits per heavy atom. The van der Waals surface area contributed by atoms with Crippen LogP contribution >= 0.6 is 0 Å². The van der Waals surface area contributed by atoms with Crippen molar-refractivity contribution in [2.45, 2.75) is 18.8 Å². The van der Waals surface area contributed by atoms with Crippen LogP contribution in [0.15, 0.2) is 29.3 Å². The first-order valence-corrected chi connectivity index (χ1v) is 6.09. The molecule has 0 N–H and O–H groups in total. The fourth-order valence-corrected chi connectivity index (χ4v) is 2.75. The van der Waals surface area contributed by atoms with Crippen molar-refractivity contribution in [3.63, 3.8) is 0 Å². The molecule has 1 saturated heterocycles. The van der Waals surface area contributed by atoms with Gasteiger partial charge in [-0.05, 0) is 24.5 Å². The molecule has 3 rings (SSSR count). The Morgan fingerprint density at radius 3 is 3.06 bits per heavy atom. The molecule has 0 bridgehead atoms. The Balaban J connectivity index is 2.16. The summed E-state index contributed by atoms with van der Waals surface area (Å²) in [5.74, 6) is 0.578. The molecule has 0 aromatic heterocycles. The number of nitrogens with zero attached hydrogens (tertiary/aromatic N) is 2. The number of carbonyl (C=O) groups is 1. The second-order valence-electron chi connectivity index (χ2n) is 5.15. The Hall–Kier alpha value is -1.58. The highest BCUT2D eigenvalue weighted by Gasteiger charge is 2.45. The second kappa shape index (κ2) is 3.46. The summed E-state index contributed by atoms with van der Waals surface area (Å²) in [6.07, 6.45) is 3.00. The van der Waals surface area contributed by atoms with Crippen LogP contribution in [0, 0.1) is 5.92 Å². The average molecular weight is 226 g/mol. The molecule has 1 fully saturated rings. The van der Waals surface area contributed by atoms with Crippen molar-refractivity contribution < 1.29 is 4.79 Å². The molecule has 1 amide bonds. The quantitative estimate of drug-likeness (QED) is 0.612. The van der Waals surface area contributed by atoms with Crippen molar-refractivity contribution in [3.05, 3.63) is 29.8 Å². The van der Waals surface area contributed by atoms with Gasteiger partial charge in [-0.15, -0.1) is 0 Å². The monoisotopic (exact) mass is 226 g/mol. The molecular formula is C13H15BN2O. The van der Waals surface area contributed by atoms with Crippen LogP contribution in [0.1, 0.15) is 23.7 Å². The number of hydrogen-bond donors (Lipinski definition) is 0. The summed E-state index contributed by atoms with van der Waals surface area (Å²) in [5.41, 5.74) is 1.29. The molecule has 3 nitrogen and oxygen atoms in total. The summed E-state index contributed by atoms with van der Waals surface area (Å²) in [6, 6.07) is 7.59. The van der Waals surface area contributed by atoms with Gasteiger partial charge in [-0.3, -0.25) is 9.79 Å². The lowest BCUT2D eigenvalue weighted by Gasteiger charge is -2.34. The average Bonchev–Trinajstić information content (AvgIpc) is 2.57. The van der Waals surface area contributed by atoms with E-state index >= 15 is 0 Å². The second-order valence-corrected chi connectivity index (χ2v) is 5.15. The van der Waals surface area contributed by atoms with Gasteiger partial charge in [0.1, 0.15) is 7.85 Å². The van der Waals surface area contributed by atoms with Crippen molar-refractivity contribution in [3.8, 4) is 0 Å². The number of amides is 1. The summed E-state index contributed by atoms with van der Waals surface area (Å²) in [6.45, 7) is 3.02. The predicted molar refractivity (Wildman–Crippen MR) is 70.7 cm³/mol. The first kappa shape index (κ1) is 10.6. The smallest absolute Gasteiger partial charge is 0.256 e. The van der Waals surface area contributed by atoms with E-state index in [-0.39, 0.29) is 11.3 Å². The topological polar surface area (TPSA) is 32.7 Å². The largest absolute Gasteiger partial charge is 0.335 e. The molecule has 0 aliphatic carbocycles. The normalized spacial score (nSPS) is 31.0. The first-order chi connectivity index (χ1) is 8.13. The minimum atomic E-state index is -0.226.